The van der Waals surface area contributed by atoms with E-state index in [2.05, 4.69) is 5.32 Å². The average molecular weight is 417 g/mol. The monoisotopic (exact) mass is 416 g/mol. The summed E-state index contributed by atoms with van der Waals surface area (Å²) >= 11 is 0. The van der Waals surface area contributed by atoms with Crippen molar-refractivity contribution in [3.63, 3.8) is 0 Å². The molecule has 0 saturated carbocycles. The number of hydrogen-bond acceptors (Lipinski definition) is 6. The average Bonchev–Trinajstić information content (AvgIpc) is 3.42. The molecule has 0 aliphatic carbocycles. The second-order valence-electron chi connectivity index (χ2n) is 7.53. The van der Waals surface area contributed by atoms with E-state index in [0.29, 0.717) is 37.6 Å². The summed E-state index contributed by atoms with van der Waals surface area (Å²) in [6.45, 7) is 4.73. The third kappa shape index (κ3) is 6.24. The molecule has 164 valence electrons. The minimum Gasteiger partial charge on any atom is -0.493 e. The predicted molar refractivity (Wildman–Crippen MR) is 114 cm³/mol. The Morgan fingerprint density at radius 2 is 2.03 bits per heavy atom. The quantitative estimate of drug-likeness (QED) is 0.607. The van der Waals surface area contributed by atoms with Crippen LogP contribution >= 0.6 is 0 Å². The fourth-order valence-electron chi connectivity index (χ4n) is 3.61. The number of ether oxygens (including phenoxy) is 3. The van der Waals surface area contributed by atoms with Crippen molar-refractivity contribution in [2.24, 2.45) is 0 Å². The Morgan fingerprint density at radius 1 is 1.20 bits per heavy atom. The molecule has 2 aromatic rings. The molecule has 1 fully saturated rings. The lowest BCUT2D eigenvalue weighted by Gasteiger charge is -2.23. The fraction of sp³-hybridized carbons (Fsp3) is 0.522. The maximum atomic E-state index is 12.9. The molecule has 1 unspecified atom stereocenters. The fourth-order valence-corrected chi connectivity index (χ4v) is 3.61. The number of aryl methyl sites for hydroxylation is 1. The first kappa shape index (κ1) is 22.2. The van der Waals surface area contributed by atoms with Crippen LogP contribution < -0.4 is 14.8 Å². The van der Waals surface area contributed by atoms with Crippen LogP contribution in [0.3, 0.4) is 0 Å². The minimum absolute atomic E-state index is 0.0440. The van der Waals surface area contributed by atoms with E-state index in [-0.39, 0.29) is 18.6 Å². The molecule has 1 aliphatic heterocycles. The molecule has 1 atom stereocenters. The van der Waals surface area contributed by atoms with Crippen molar-refractivity contribution in [2.75, 3.05) is 40.5 Å². The Labute approximate surface area is 178 Å². The van der Waals surface area contributed by atoms with E-state index in [1.54, 1.807) is 14.2 Å². The molecule has 1 N–H and O–H groups in total. The van der Waals surface area contributed by atoms with E-state index in [4.69, 9.17) is 18.6 Å². The van der Waals surface area contributed by atoms with Gasteiger partial charge in [-0.2, -0.15) is 0 Å². The molecular weight excluding hydrogens is 384 g/mol. The van der Waals surface area contributed by atoms with Crippen molar-refractivity contribution in [1.29, 1.82) is 0 Å². The number of nitrogens with zero attached hydrogens (tertiary/aromatic N) is 1. The van der Waals surface area contributed by atoms with Gasteiger partial charge >= 0.3 is 0 Å². The first-order valence-corrected chi connectivity index (χ1v) is 10.5. The highest BCUT2D eigenvalue weighted by molar-refractivity contribution is 5.78. The molecule has 1 aromatic heterocycles. The van der Waals surface area contributed by atoms with Crippen LogP contribution in [0.25, 0.3) is 0 Å². The van der Waals surface area contributed by atoms with Gasteiger partial charge in [-0.1, -0.05) is 6.07 Å². The van der Waals surface area contributed by atoms with Crippen molar-refractivity contribution in [3.05, 3.63) is 47.4 Å². The molecule has 0 radical (unpaired) electrons. The van der Waals surface area contributed by atoms with Crippen molar-refractivity contribution in [1.82, 2.24) is 10.2 Å². The summed E-state index contributed by atoms with van der Waals surface area (Å²) in [6, 6.07) is 9.68. The van der Waals surface area contributed by atoms with Crippen LogP contribution in [0.2, 0.25) is 0 Å². The van der Waals surface area contributed by atoms with Crippen LogP contribution in [-0.2, 0) is 22.5 Å². The van der Waals surface area contributed by atoms with E-state index < -0.39 is 0 Å². The normalized spacial score (nSPS) is 15.9. The Morgan fingerprint density at radius 3 is 2.70 bits per heavy atom. The van der Waals surface area contributed by atoms with Crippen molar-refractivity contribution in [3.8, 4) is 11.5 Å². The van der Waals surface area contributed by atoms with Gasteiger partial charge in [-0.3, -0.25) is 4.79 Å². The van der Waals surface area contributed by atoms with Gasteiger partial charge in [0.05, 0.1) is 33.4 Å². The van der Waals surface area contributed by atoms with E-state index in [0.717, 1.165) is 36.5 Å². The highest BCUT2D eigenvalue weighted by Gasteiger charge is 2.19. The third-order valence-corrected chi connectivity index (χ3v) is 5.29. The summed E-state index contributed by atoms with van der Waals surface area (Å²) in [5.41, 5.74) is 1.08. The standard InChI is InChI=1S/C23H32N2O5/c1-17-6-8-20(30-17)16-25(23(26)15-24-14-19-5-4-12-29-19)11-10-18-7-9-21(27-2)22(13-18)28-3/h6-9,13,19,24H,4-5,10-12,14-16H2,1-3H3. The van der Waals surface area contributed by atoms with Gasteiger partial charge in [0.1, 0.15) is 11.5 Å². The molecule has 7 nitrogen and oxygen atoms in total. The molecule has 1 aliphatic rings. The van der Waals surface area contributed by atoms with Gasteiger partial charge in [0.15, 0.2) is 11.5 Å². The van der Waals surface area contributed by atoms with Gasteiger partial charge < -0.3 is 28.8 Å². The highest BCUT2D eigenvalue weighted by Crippen LogP contribution is 2.27. The minimum atomic E-state index is 0.0440. The largest absolute Gasteiger partial charge is 0.493 e. The summed E-state index contributed by atoms with van der Waals surface area (Å²) in [7, 11) is 3.24. The number of hydrogen-bond donors (Lipinski definition) is 1. The highest BCUT2D eigenvalue weighted by atomic mass is 16.5. The number of benzene rings is 1. The molecule has 0 bridgehead atoms. The zero-order valence-corrected chi connectivity index (χ0v) is 18.1. The third-order valence-electron chi connectivity index (χ3n) is 5.29. The van der Waals surface area contributed by atoms with Crippen molar-refractivity contribution < 1.29 is 23.4 Å². The van der Waals surface area contributed by atoms with Gasteiger partial charge in [-0.15, -0.1) is 0 Å². The topological polar surface area (TPSA) is 73.2 Å². The lowest BCUT2D eigenvalue weighted by molar-refractivity contribution is -0.131. The summed E-state index contributed by atoms with van der Waals surface area (Å²) in [5, 5.41) is 3.25. The Bertz CT molecular complexity index is 814. The molecule has 3 rings (SSSR count). The lowest BCUT2D eigenvalue weighted by atomic mass is 10.1. The summed E-state index contributed by atoms with van der Waals surface area (Å²) in [4.78, 5) is 14.7. The molecule has 1 aromatic carbocycles. The van der Waals surface area contributed by atoms with Crippen LogP contribution in [-0.4, -0.2) is 57.4 Å². The van der Waals surface area contributed by atoms with E-state index in [9.17, 15) is 4.79 Å². The van der Waals surface area contributed by atoms with Crippen LogP contribution in [0.4, 0.5) is 0 Å². The summed E-state index contributed by atoms with van der Waals surface area (Å²) in [6.07, 6.45) is 3.06. The van der Waals surface area contributed by atoms with Gasteiger partial charge in [-0.05, 0) is 56.0 Å². The van der Waals surface area contributed by atoms with Crippen LogP contribution in [0.15, 0.2) is 34.7 Å². The van der Waals surface area contributed by atoms with Crippen LogP contribution in [0, 0.1) is 6.92 Å². The predicted octanol–water partition coefficient (Wildman–Crippen LogP) is 2.95. The Hall–Kier alpha value is -2.51. The molecule has 1 saturated heterocycles. The molecule has 1 amide bonds. The number of carbonyl (C=O) groups is 1. The first-order chi connectivity index (χ1) is 14.6. The maximum absolute atomic E-state index is 12.9. The zero-order chi connectivity index (χ0) is 21.3. The molecule has 7 heteroatoms. The summed E-state index contributed by atoms with van der Waals surface area (Å²) in [5.74, 6) is 3.05. The number of rotatable bonds is 11. The Kier molecular flexibility index (Phi) is 8.16. The van der Waals surface area contributed by atoms with Gasteiger partial charge in [0.25, 0.3) is 0 Å². The van der Waals surface area contributed by atoms with E-state index in [1.807, 2.05) is 42.2 Å². The number of methoxy groups -OCH3 is 2. The molecule has 2 heterocycles. The van der Waals surface area contributed by atoms with E-state index >= 15 is 0 Å². The van der Waals surface area contributed by atoms with Gasteiger partial charge in [0, 0.05) is 19.7 Å². The number of nitrogens with one attached hydrogen (secondary N) is 1. The number of furan rings is 1. The molecule has 30 heavy (non-hydrogen) atoms. The lowest BCUT2D eigenvalue weighted by Crippen LogP contribution is -2.40. The van der Waals surface area contributed by atoms with Crippen LogP contribution in [0.5, 0.6) is 11.5 Å². The van der Waals surface area contributed by atoms with Crippen LogP contribution in [0.1, 0.15) is 29.9 Å². The molecular formula is C23H32N2O5. The van der Waals surface area contributed by atoms with Crippen molar-refractivity contribution in [2.45, 2.75) is 38.8 Å². The second-order valence-corrected chi connectivity index (χ2v) is 7.53. The smallest absolute Gasteiger partial charge is 0.236 e. The summed E-state index contributed by atoms with van der Waals surface area (Å²) < 4.78 is 22.0. The van der Waals surface area contributed by atoms with Gasteiger partial charge in [-0.25, -0.2) is 0 Å². The van der Waals surface area contributed by atoms with E-state index in [1.165, 1.54) is 0 Å². The van der Waals surface area contributed by atoms with Crippen molar-refractivity contribution >= 4 is 5.91 Å². The zero-order valence-electron chi connectivity index (χ0n) is 18.1. The SMILES string of the molecule is COc1ccc(CCN(Cc2ccc(C)o2)C(=O)CNCC2CCCO2)cc1OC. The van der Waals surface area contributed by atoms with Gasteiger partial charge in [0.2, 0.25) is 5.91 Å². The number of carbonyl (C=O) groups excluding carboxylic acids is 1. The Balaban J connectivity index is 1.60. The first-order valence-electron chi connectivity index (χ1n) is 10.5. The number of amides is 1. The second kappa shape index (κ2) is 11.0. The molecule has 0 spiro atoms. The maximum Gasteiger partial charge on any atom is 0.236 e.